The van der Waals surface area contributed by atoms with Crippen molar-refractivity contribution in [1.29, 1.82) is 0 Å². The minimum atomic E-state index is -0.111. The Hall–Kier alpha value is -2.23. The molecule has 0 aliphatic carbocycles. The first-order chi connectivity index (χ1) is 8.74. The van der Waals surface area contributed by atoms with Crippen molar-refractivity contribution in [3.05, 3.63) is 42.4 Å². The average Bonchev–Trinajstić information content (AvgIpc) is 2.41. The lowest BCUT2D eigenvalue weighted by atomic mass is 10.1. The van der Waals surface area contributed by atoms with Gasteiger partial charge in [0.15, 0.2) is 12.0 Å². The minimum Gasteiger partial charge on any atom is -0.505 e. The Labute approximate surface area is 106 Å². The van der Waals surface area contributed by atoms with Crippen LogP contribution in [-0.2, 0) is 0 Å². The van der Waals surface area contributed by atoms with Crippen LogP contribution in [0.3, 0.4) is 0 Å². The Morgan fingerprint density at radius 1 is 1.28 bits per heavy atom. The van der Waals surface area contributed by atoms with Gasteiger partial charge in [0.1, 0.15) is 5.69 Å². The van der Waals surface area contributed by atoms with Crippen LogP contribution in [0.5, 0.6) is 5.75 Å². The molecule has 2 heterocycles. The standard InChI is InChI=1S/C11H8N2O2.C3H8/c14-7-9-3-5-13-10(11(9)15)8-2-1-4-12-6-8;1-3-2/h1-7,15H;3H2,1-2H3. The zero-order valence-corrected chi connectivity index (χ0v) is 10.5. The molecule has 0 unspecified atom stereocenters. The average molecular weight is 244 g/mol. The van der Waals surface area contributed by atoms with Crippen molar-refractivity contribution >= 4 is 6.29 Å². The van der Waals surface area contributed by atoms with Gasteiger partial charge in [0.2, 0.25) is 0 Å². The number of rotatable bonds is 2. The summed E-state index contributed by atoms with van der Waals surface area (Å²) in [6.07, 6.45) is 6.53. The number of hydrogen-bond acceptors (Lipinski definition) is 4. The van der Waals surface area contributed by atoms with Crippen LogP contribution in [0.25, 0.3) is 11.3 Å². The maximum absolute atomic E-state index is 10.6. The molecule has 0 saturated carbocycles. The molecule has 94 valence electrons. The van der Waals surface area contributed by atoms with Gasteiger partial charge in [0.25, 0.3) is 0 Å². The maximum Gasteiger partial charge on any atom is 0.153 e. The number of hydrogen-bond donors (Lipinski definition) is 1. The summed E-state index contributed by atoms with van der Waals surface area (Å²) in [4.78, 5) is 18.5. The van der Waals surface area contributed by atoms with E-state index in [1.165, 1.54) is 18.7 Å². The molecule has 2 rings (SSSR count). The lowest BCUT2D eigenvalue weighted by molar-refractivity contribution is 0.112. The van der Waals surface area contributed by atoms with E-state index in [4.69, 9.17) is 0 Å². The summed E-state index contributed by atoms with van der Waals surface area (Å²) >= 11 is 0. The van der Waals surface area contributed by atoms with Crippen LogP contribution < -0.4 is 0 Å². The van der Waals surface area contributed by atoms with Gasteiger partial charge in [0, 0.05) is 24.2 Å². The Bertz CT molecular complexity index is 498. The molecule has 0 bridgehead atoms. The molecule has 0 amide bonds. The van der Waals surface area contributed by atoms with Crippen LogP contribution in [-0.4, -0.2) is 21.4 Å². The van der Waals surface area contributed by atoms with Crippen molar-refractivity contribution in [2.45, 2.75) is 20.3 Å². The number of carbonyl (C=O) groups is 1. The summed E-state index contributed by atoms with van der Waals surface area (Å²) in [5.74, 6) is -0.111. The molecule has 0 fully saturated rings. The number of aldehydes is 1. The van der Waals surface area contributed by atoms with Crippen LogP contribution >= 0.6 is 0 Å². The van der Waals surface area contributed by atoms with E-state index in [0.717, 1.165) is 0 Å². The molecule has 4 heteroatoms. The van der Waals surface area contributed by atoms with E-state index in [1.54, 1.807) is 24.5 Å². The molecule has 0 aliphatic rings. The third kappa shape index (κ3) is 3.38. The van der Waals surface area contributed by atoms with E-state index in [0.29, 0.717) is 17.5 Å². The Balaban J connectivity index is 0.000000492. The quantitative estimate of drug-likeness (QED) is 0.824. The van der Waals surface area contributed by atoms with Crippen LogP contribution in [0.1, 0.15) is 30.6 Å². The Kier molecular flexibility index (Phi) is 5.51. The fourth-order valence-electron chi connectivity index (χ4n) is 1.28. The smallest absolute Gasteiger partial charge is 0.153 e. The van der Waals surface area contributed by atoms with Crippen molar-refractivity contribution in [3.63, 3.8) is 0 Å². The second-order valence-corrected chi connectivity index (χ2v) is 3.66. The largest absolute Gasteiger partial charge is 0.505 e. The third-order valence-electron chi connectivity index (χ3n) is 2.02. The Morgan fingerprint density at radius 2 is 2.00 bits per heavy atom. The third-order valence-corrected chi connectivity index (χ3v) is 2.02. The van der Waals surface area contributed by atoms with Crippen LogP contribution in [0.2, 0.25) is 0 Å². The monoisotopic (exact) mass is 244 g/mol. The first-order valence-corrected chi connectivity index (χ1v) is 5.78. The van der Waals surface area contributed by atoms with Gasteiger partial charge >= 0.3 is 0 Å². The van der Waals surface area contributed by atoms with Crippen LogP contribution in [0, 0.1) is 0 Å². The SMILES string of the molecule is CCC.O=Cc1ccnc(-c2cccnc2)c1O. The number of pyridine rings is 2. The summed E-state index contributed by atoms with van der Waals surface area (Å²) in [6.45, 7) is 4.25. The highest BCUT2D eigenvalue weighted by molar-refractivity contribution is 5.83. The number of aromatic nitrogens is 2. The van der Waals surface area contributed by atoms with Crippen molar-refractivity contribution in [2.24, 2.45) is 0 Å². The predicted octanol–water partition coefficient (Wildman–Crippen LogP) is 3.08. The van der Waals surface area contributed by atoms with E-state index in [-0.39, 0.29) is 11.3 Å². The van der Waals surface area contributed by atoms with Gasteiger partial charge in [-0.15, -0.1) is 0 Å². The molecular formula is C14H16N2O2. The molecular weight excluding hydrogens is 228 g/mol. The first kappa shape index (κ1) is 13.8. The van der Waals surface area contributed by atoms with Gasteiger partial charge in [0.05, 0.1) is 5.56 Å². The van der Waals surface area contributed by atoms with Crippen molar-refractivity contribution in [2.75, 3.05) is 0 Å². The van der Waals surface area contributed by atoms with E-state index < -0.39 is 0 Å². The molecule has 2 aromatic heterocycles. The van der Waals surface area contributed by atoms with Gasteiger partial charge in [-0.2, -0.15) is 0 Å². The number of nitrogens with zero attached hydrogens (tertiary/aromatic N) is 2. The summed E-state index contributed by atoms with van der Waals surface area (Å²) in [7, 11) is 0. The second-order valence-electron chi connectivity index (χ2n) is 3.66. The minimum absolute atomic E-state index is 0.111. The first-order valence-electron chi connectivity index (χ1n) is 5.78. The molecule has 0 aliphatic heterocycles. The summed E-state index contributed by atoms with van der Waals surface area (Å²) in [5.41, 5.74) is 1.27. The van der Waals surface area contributed by atoms with E-state index in [9.17, 15) is 9.90 Å². The normalized spacial score (nSPS) is 9.22. The summed E-state index contributed by atoms with van der Waals surface area (Å²) in [6, 6.07) is 4.97. The van der Waals surface area contributed by atoms with E-state index >= 15 is 0 Å². The topological polar surface area (TPSA) is 63.1 Å². The zero-order chi connectivity index (χ0) is 13.4. The summed E-state index contributed by atoms with van der Waals surface area (Å²) in [5, 5.41) is 9.72. The molecule has 1 N–H and O–H groups in total. The fraction of sp³-hybridized carbons (Fsp3) is 0.214. The molecule has 0 saturated heterocycles. The van der Waals surface area contributed by atoms with Crippen molar-refractivity contribution in [1.82, 2.24) is 9.97 Å². The van der Waals surface area contributed by atoms with Gasteiger partial charge in [-0.05, 0) is 18.2 Å². The molecule has 4 nitrogen and oxygen atoms in total. The van der Waals surface area contributed by atoms with Gasteiger partial charge < -0.3 is 5.11 Å². The van der Waals surface area contributed by atoms with E-state index in [2.05, 4.69) is 23.8 Å². The highest BCUT2D eigenvalue weighted by atomic mass is 16.3. The van der Waals surface area contributed by atoms with Gasteiger partial charge in [-0.3, -0.25) is 14.8 Å². The van der Waals surface area contributed by atoms with E-state index in [1.807, 2.05) is 0 Å². The van der Waals surface area contributed by atoms with Gasteiger partial charge in [-0.25, -0.2) is 0 Å². The van der Waals surface area contributed by atoms with Crippen LogP contribution in [0.4, 0.5) is 0 Å². The Morgan fingerprint density at radius 3 is 2.56 bits per heavy atom. The molecule has 0 aromatic carbocycles. The highest BCUT2D eigenvalue weighted by Crippen LogP contribution is 2.27. The van der Waals surface area contributed by atoms with Crippen molar-refractivity contribution in [3.8, 4) is 17.0 Å². The number of carbonyl (C=O) groups excluding carboxylic acids is 1. The molecule has 0 spiro atoms. The van der Waals surface area contributed by atoms with Gasteiger partial charge in [-0.1, -0.05) is 20.3 Å². The number of aromatic hydroxyl groups is 1. The molecule has 0 atom stereocenters. The zero-order valence-electron chi connectivity index (χ0n) is 10.5. The highest BCUT2D eigenvalue weighted by Gasteiger charge is 2.09. The lowest BCUT2D eigenvalue weighted by Gasteiger charge is -2.04. The second kappa shape index (κ2) is 7.17. The summed E-state index contributed by atoms with van der Waals surface area (Å²) < 4.78 is 0. The molecule has 2 aromatic rings. The molecule has 0 radical (unpaired) electrons. The van der Waals surface area contributed by atoms with Crippen LogP contribution in [0.15, 0.2) is 36.8 Å². The lowest BCUT2D eigenvalue weighted by Crippen LogP contribution is -1.89. The van der Waals surface area contributed by atoms with Crippen molar-refractivity contribution < 1.29 is 9.90 Å². The maximum atomic E-state index is 10.6. The predicted molar refractivity (Wildman–Crippen MR) is 70.5 cm³/mol. The molecule has 18 heavy (non-hydrogen) atoms. The fourth-order valence-corrected chi connectivity index (χ4v) is 1.28.